The van der Waals surface area contributed by atoms with E-state index >= 15 is 0 Å². The first-order valence-electron chi connectivity index (χ1n) is 9.56. The highest BCUT2D eigenvalue weighted by Crippen LogP contribution is 2.44. The Balaban J connectivity index is 1.86. The lowest BCUT2D eigenvalue weighted by molar-refractivity contribution is -0.163. The molecule has 3 heterocycles. The van der Waals surface area contributed by atoms with E-state index in [1.165, 1.54) is 7.11 Å². The summed E-state index contributed by atoms with van der Waals surface area (Å²) in [4.78, 5) is 17.0. The van der Waals surface area contributed by atoms with Crippen molar-refractivity contribution in [1.29, 1.82) is 0 Å². The summed E-state index contributed by atoms with van der Waals surface area (Å²) in [6.07, 6.45) is 0.977. The van der Waals surface area contributed by atoms with Crippen molar-refractivity contribution in [3.8, 4) is 0 Å². The summed E-state index contributed by atoms with van der Waals surface area (Å²) in [6.45, 7) is 3.93. The van der Waals surface area contributed by atoms with Crippen LogP contribution < -0.4 is 5.32 Å². The van der Waals surface area contributed by atoms with E-state index in [0.29, 0.717) is 0 Å². The molecule has 1 N–H and O–H groups in total. The van der Waals surface area contributed by atoms with Crippen molar-refractivity contribution in [2.24, 2.45) is 0 Å². The molecule has 0 amide bonds. The molecule has 0 bridgehead atoms. The number of aromatic nitrogens is 2. The number of aryl methyl sites for hydroxylation is 2. The molecule has 0 saturated heterocycles. The fourth-order valence-electron chi connectivity index (χ4n) is 3.96. The van der Waals surface area contributed by atoms with Gasteiger partial charge in [0.2, 0.25) is 0 Å². The maximum atomic E-state index is 12.3. The Bertz CT molecular complexity index is 1030. The Labute approximate surface area is 169 Å². The zero-order valence-corrected chi connectivity index (χ0v) is 17.0. The molecule has 7 nitrogen and oxygen atoms in total. The smallest absolute Gasteiger partial charge is 0.332 e. The van der Waals surface area contributed by atoms with Gasteiger partial charge in [-0.1, -0.05) is 30.3 Å². The van der Waals surface area contributed by atoms with Gasteiger partial charge in [-0.15, -0.1) is 0 Å². The van der Waals surface area contributed by atoms with Crippen LogP contribution in [0.3, 0.4) is 0 Å². The molecule has 0 unspecified atom stereocenters. The molecule has 1 aromatic carbocycles. The third-order valence-electron chi connectivity index (χ3n) is 5.48. The van der Waals surface area contributed by atoms with E-state index in [4.69, 9.17) is 19.2 Å². The van der Waals surface area contributed by atoms with Gasteiger partial charge in [0.1, 0.15) is 12.7 Å². The van der Waals surface area contributed by atoms with E-state index in [1.807, 2.05) is 56.4 Å². The van der Waals surface area contributed by atoms with Crippen molar-refractivity contribution < 1.29 is 19.0 Å². The predicted octanol–water partition coefficient (Wildman–Crippen LogP) is 3.36. The largest absolute Gasteiger partial charge is 0.455 e. The molecular weight excluding hydrogens is 370 g/mol. The topological polar surface area (TPSA) is 74.1 Å². The van der Waals surface area contributed by atoms with Gasteiger partial charge in [0.05, 0.1) is 17.4 Å². The van der Waals surface area contributed by atoms with Gasteiger partial charge in [0.15, 0.2) is 11.8 Å². The minimum Gasteiger partial charge on any atom is -0.455 e. The molecule has 1 aliphatic rings. The monoisotopic (exact) mass is 395 g/mol. The van der Waals surface area contributed by atoms with E-state index in [1.54, 1.807) is 7.11 Å². The molecule has 0 aliphatic carbocycles. The van der Waals surface area contributed by atoms with Gasteiger partial charge in [-0.05, 0) is 25.5 Å². The number of fused-ring (bicyclic) bond motifs is 3. The molecule has 3 aromatic rings. The molecule has 0 fully saturated rings. The van der Waals surface area contributed by atoms with Gasteiger partial charge in [-0.25, -0.2) is 9.78 Å². The van der Waals surface area contributed by atoms with E-state index in [2.05, 4.69) is 9.72 Å². The quantitative estimate of drug-likeness (QED) is 0.668. The minimum absolute atomic E-state index is 0.112. The van der Waals surface area contributed by atoms with Crippen molar-refractivity contribution in [2.75, 3.05) is 26.1 Å². The van der Waals surface area contributed by atoms with Crippen LogP contribution in [0.25, 0.3) is 5.65 Å². The third kappa shape index (κ3) is 3.36. The summed E-state index contributed by atoms with van der Waals surface area (Å²) < 4.78 is 18.7. The van der Waals surface area contributed by atoms with Crippen LogP contribution in [-0.2, 0) is 19.0 Å². The number of hydrogen-bond donors (Lipinski definition) is 1. The standard InChI is InChI=1S/C22H25N3O4/c1-13-14(2)25-11-10-16-19(22(25)23-13)24-18(15-8-6-5-7-9-15)21(20(16)28-4)29-17(26)12-27-3/h5-11,18,20-21,24H,12H2,1-4H3/t18-,20+,21-/m1/s1. The average molecular weight is 395 g/mol. The summed E-state index contributed by atoms with van der Waals surface area (Å²) in [5.74, 6) is -0.431. The number of nitrogens with zero attached hydrogens (tertiary/aromatic N) is 2. The first-order chi connectivity index (χ1) is 14.0. The molecule has 4 rings (SSSR count). The van der Waals surface area contributed by atoms with E-state index < -0.39 is 18.2 Å². The van der Waals surface area contributed by atoms with Crippen molar-refractivity contribution in [1.82, 2.24) is 9.38 Å². The highest BCUT2D eigenvalue weighted by molar-refractivity contribution is 5.76. The highest BCUT2D eigenvalue weighted by atomic mass is 16.6. The SMILES string of the molecule is COCC(=O)O[C@@H]1[C@@H](c2ccccc2)Nc2c(ccn3c(C)c(C)nc23)[C@@H]1OC. The normalized spacial score (nSPS) is 20.9. The lowest BCUT2D eigenvalue weighted by Gasteiger charge is -2.39. The van der Waals surface area contributed by atoms with Crippen LogP contribution in [0.2, 0.25) is 0 Å². The molecule has 0 radical (unpaired) electrons. The Morgan fingerprint density at radius 1 is 1.17 bits per heavy atom. The molecule has 0 saturated carbocycles. The zero-order chi connectivity index (χ0) is 20.5. The summed E-state index contributed by atoms with van der Waals surface area (Å²) in [5, 5.41) is 3.58. The number of carbonyl (C=O) groups is 1. The van der Waals surface area contributed by atoms with E-state index in [9.17, 15) is 4.79 Å². The zero-order valence-electron chi connectivity index (χ0n) is 17.0. The molecule has 3 atom stereocenters. The van der Waals surface area contributed by atoms with E-state index in [0.717, 1.165) is 33.8 Å². The van der Waals surface area contributed by atoms with E-state index in [-0.39, 0.29) is 12.6 Å². The van der Waals surface area contributed by atoms with Gasteiger partial charge in [0, 0.05) is 31.7 Å². The van der Waals surface area contributed by atoms with Gasteiger partial charge in [-0.2, -0.15) is 0 Å². The maximum absolute atomic E-state index is 12.3. The predicted molar refractivity (Wildman–Crippen MR) is 109 cm³/mol. The summed E-state index contributed by atoms with van der Waals surface area (Å²) in [5.41, 5.74) is 5.69. The van der Waals surface area contributed by atoms with Crippen LogP contribution in [0.15, 0.2) is 42.6 Å². The highest BCUT2D eigenvalue weighted by Gasteiger charge is 2.41. The molecule has 152 valence electrons. The molecule has 0 spiro atoms. The number of esters is 1. The summed E-state index contributed by atoms with van der Waals surface area (Å²) in [7, 11) is 3.10. The first kappa shape index (κ1) is 19.4. The number of methoxy groups -OCH3 is 2. The molecule has 29 heavy (non-hydrogen) atoms. The third-order valence-corrected chi connectivity index (χ3v) is 5.48. The van der Waals surface area contributed by atoms with Gasteiger partial charge < -0.3 is 23.9 Å². The number of pyridine rings is 1. The van der Waals surface area contributed by atoms with Gasteiger partial charge >= 0.3 is 5.97 Å². The van der Waals surface area contributed by atoms with Crippen LogP contribution >= 0.6 is 0 Å². The fourth-order valence-corrected chi connectivity index (χ4v) is 3.96. The fraction of sp³-hybridized carbons (Fsp3) is 0.364. The van der Waals surface area contributed by atoms with Crippen LogP contribution in [0.1, 0.15) is 34.7 Å². The lowest BCUT2D eigenvalue weighted by Crippen LogP contribution is -2.41. The van der Waals surface area contributed by atoms with Crippen molar-refractivity contribution in [2.45, 2.75) is 32.1 Å². The Morgan fingerprint density at radius 3 is 2.62 bits per heavy atom. The van der Waals surface area contributed by atoms with Crippen molar-refractivity contribution >= 4 is 17.3 Å². The van der Waals surface area contributed by atoms with Crippen molar-refractivity contribution in [3.05, 3.63) is 65.1 Å². The number of carbonyl (C=O) groups excluding carboxylic acids is 1. The first-order valence-corrected chi connectivity index (χ1v) is 9.56. The number of nitrogens with one attached hydrogen (secondary N) is 1. The minimum atomic E-state index is -0.558. The van der Waals surface area contributed by atoms with Crippen LogP contribution in [-0.4, -0.2) is 42.3 Å². The molecule has 2 aromatic heterocycles. The second kappa shape index (κ2) is 7.85. The van der Waals surface area contributed by atoms with Crippen LogP contribution in [0, 0.1) is 13.8 Å². The second-order valence-electron chi connectivity index (χ2n) is 7.20. The summed E-state index contributed by atoms with van der Waals surface area (Å²) >= 11 is 0. The number of benzene rings is 1. The van der Waals surface area contributed by atoms with Crippen LogP contribution in [0.4, 0.5) is 5.69 Å². The summed E-state index contributed by atoms with van der Waals surface area (Å²) in [6, 6.07) is 11.6. The second-order valence-corrected chi connectivity index (χ2v) is 7.20. The number of ether oxygens (including phenoxy) is 3. The van der Waals surface area contributed by atoms with Gasteiger partial charge in [-0.3, -0.25) is 0 Å². The number of imidazole rings is 1. The Hall–Kier alpha value is -2.90. The molecule has 7 heteroatoms. The van der Waals surface area contributed by atoms with Crippen LogP contribution in [0.5, 0.6) is 0 Å². The average Bonchev–Trinajstić information content (AvgIpc) is 3.02. The number of hydrogen-bond acceptors (Lipinski definition) is 6. The lowest BCUT2D eigenvalue weighted by atomic mass is 9.88. The van der Waals surface area contributed by atoms with Crippen molar-refractivity contribution in [3.63, 3.8) is 0 Å². The number of anilines is 1. The molecule has 1 aliphatic heterocycles. The number of rotatable bonds is 5. The Morgan fingerprint density at radius 2 is 1.93 bits per heavy atom. The van der Waals surface area contributed by atoms with Gasteiger partial charge in [0.25, 0.3) is 0 Å². The molecular formula is C22H25N3O4. The maximum Gasteiger partial charge on any atom is 0.332 e. The Kier molecular flexibility index (Phi) is 5.25.